The lowest BCUT2D eigenvalue weighted by Crippen LogP contribution is -2.50. The van der Waals surface area contributed by atoms with Crippen molar-refractivity contribution in [1.82, 2.24) is 4.90 Å². The molecular formula is C17H23NO5. The zero-order valence-corrected chi connectivity index (χ0v) is 13.9. The molecule has 1 aromatic carbocycles. The number of nitrogens with zero attached hydrogens (tertiary/aromatic N) is 1. The van der Waals surface area contributed by atoms with Crippen molar-refractivity contribution in [3.05, 3.63) is 29.8 Å². The Morgan fingerprint density at radius 2 is 2.04 bits per heavy atom. The van der Waals surface area contributed by atoms with Crippen LogP contribution in [-0.4, -0.2) is 41.6 Å². The second kappa shape index (κ2) is 5.77. The molecule has 0 fully saturated rings. The molecule has 1 aromatic rings. The van der Waals surface area contributed by atoms with Crippen molar-refractivity contribution in [2.45, 2.75) is 26.4 Å². The molecule has 1 unspecified atom stereocenters. The Bertz CT molecular complexity index is 635. The van der Waals surface area contributed by atoms with Crippen molar-refractivity contribution in [2.75, 3.05) is 20.4 Å². The summed E-state index contributed by atoms with van der Waals surface area (Å²) in [5, 5.41) is 20.7. The van der Waals surface area contributed by atoms with E-state index in [-0.39, 0.29) is 13.3 Å². The highest BCUT2D eigenvalue weighted by Gasteiger charge is 2.47. The summed E-state index contributed by atoms with van der Waals surface area (Å²) in [5.74, 6) is 0.977. The lowest BCUT2D eigenvalue weighted by Gasteiger charge is -2.43. The van der Waals surface area contributed by atoms with E-state index in [1.807, 2.05) is 20.8 Å². The molecule has 0 bridgehead atoms. The molecule has 0 aromatic heterocycles. The number of aliphatic hydroxyl groups is 1. The minimum Gasteiger partial charge on any atom is -0.465 e. The van der Waals surface area contributed by atoms with Crippen molar-refractivity contribution < 1.29 is 24.5 Å². The van der Waals surface area contributed by atoms with E-state index in [4.69, 9.17) is 9.47 Å². The summed E-state index contributed by atoms with van der Waals surface area (Å²) in [5.41, 5.74) is -0.952. The summed E-state index contributed by atoms with van der Waals surface area (Å²) in [6, 6.07) is 3.54. The Kier molecular flexibility index (Phi) is 4.30. The maximum absolute atomic E-state index is 11.5. The highest BCUT2D eigenvalue weighted by Crippen LogP contribution is 2.50. The van der Waals surface area contributed by atoms with Crippen LogP contribution in [0.4, 0.5) is 4.79 Å². The maximum atomic E-state index is 11.5. The van der Waals surface area contributed by atoms with Gasteiger partial charge in [0.15, 0.2) is 11.5 Å². The van der Waals surface area contributed by atoms with Crippen molar-refractivity contribution >= 4 is 12.2 Å². The average molecular weight is 321 g/mol. The average Bonchev–Trinajstić information content (AvgIpc) is 2.92. The number of amides is 1. The molecule has 0 saturated carbocycles. The SMILES string of the molecule is C=Cc1ccc2c(c1C(O)(CN(C)C(=O)O)C(C)(C)C)OCO2. The third-order valence-electron chi connectivity index (χ3n) is 4.24. The normalized spacial score (nSPS) is 15.9. The van der Waals surface area contributed by atoms with Gasteiger partial charge in [-0.05, 0) is 17.0 Å². The Morgan fingerprint density at radius 1 is 1.39 bits per heavy atom. The molecule has 1 aliphatic heterocycles. The van der Waals surface area contributed by atoms with Crippen molar-refractivity contribution in [3.63, 3.8) is 0 Å². The second-order valence-electron chi connectivity index (χ2n) is 6.72. The number of benzene rings is 1. The molecule has 6 heteroatoms. The molecule has 0 aliphatic carbocycles. The highest BCUT2D eigenvalue weighted by atomic mass is 16.7. The Morgan fingerprint density at radius 3 is 2.57 bits per heavy atom. The molecular weight excluding hydrogens is 298 g/mol. The minimum atomic E-state index is -1.48. The lowest BCUT2D eigenvalue weighted by molar-refractivity contribution is -0.0809. The van der Waals surface area contributed by atoms with Gasteiger partial charge in [-0.1, -0.05) is 39.5 Å². The van der Waals surface area contributed by atoms with Crippen LogP contribution in [0, 0.1) is 5.41 Å². The number of hydrogen-bond donors (Lipinski definition) is 2. The fourth-order valence-electron chi connectivity index (χ4n) is 2.69. The van der Waals surface area contributed by atoms with E-state index in [2.05, 4.69) is 6.58 Å². The molecule has 23 heavy (non-hydrogen) atoms. The molecule has 0 spiro atoms. The van der Waals surface area contributed by atoms with Gasteiger partial charge in [-0.25, -0.2) is 4.79 Å². The first-order valence-electron chi connectivity index (χ1n) is 7.34. The van der Waals surface area contributed by atoms with Gasteiger partial charge in [0.1, 0.15) is 5.60 Å². The van der Waals surface area contributed by atoms with Crippen molar-refractivity contribution in [3.8, 4) is 11.5 Å². The van der Waals surface area contributed by atoms with Crippen LogP contribution in [0.15, 0.2) is 18.7 Å². The molecule has 1 aliphatic rings. The van der Waals surface area contributed by atoms with Gasteiger partial charge in [0.2, 0.25) is 6.79 Å². The third-order valence-corrected chi connectivity index (χ3v) is 4.24. The van der Waals surface area contributed by atoms with E-state index < -0.39 is 17.1 Å². The molecule has 2 N–H and O–H groups in total. The van der Waals surface area contributed by atoms with Crippen molar-refractivity contribution in [2.24, 2.45) is 5.41 Å². The van der Waals surface area contributed by atoms with E-state index in [9.17, 15) is 15.0 Å². The quantitative estimate of drug-likeness (QED) is 0.891. The van der Waals surface area contributed by atoms with Gasteiger partial charge in [-0.2, -0.15) is 0 Å². The number of carboxylic acid groups (broad SMARTS) is 1. The van der Waals surface area contributed by atoms with Crippen LogP contribution in [0.1, 0.15) is 31.9 Å². The first-order valence-corrected chi connectivity index (χ1v) is 7.34. The van der Waals surface area contributed by atoms with Crippen LogP contribution in [0.5, 0.6) is 11.5 Å². The summed E-state index contributed by atoms with van der Waals surface area (Å²) >= 11 is 0. The molecule has 126 valence electrons. The molecule has 1 atom stereocenters. The Hall–Kier alpha value is -2.21. The van der Waals surface area contributed by atoms with E-state index >= 15 is 0 Å². The van der Waals surface area contributed by atoms with Gasteiger partial charge in [-0.15, -0.1) is 0 Å². The third kappa shape index (κ3) is 2.86. The summed E-state index contributed by atoms with van der Waals surface area (Å²) < 4.78 is 11.0. The number of carbonyl (C=O) groups is 1. The van der Waals surface area contributed by atoms with Crippen LogP contribution in [0.25, 0.3) is 6.08 Å². The van der Waals surface area contributed by atoms with E-state index in [1.54, 1.807) is 18.2 Å². The molecule has 2 rings (SSSR count). The lowest BCUT2D eigenvalue weighted by atomic mass is 9.70. The first kappa shape index (κ1) is 17.1. The Balaban J connectivity index is 2.68. The summed E-state index contributed by atoms with van der Waals surface area (Å²) in [4.78, 5) is 12.3. The van der Waals surface area contributed by atoms with Gasteiger partial charge in [-0.3, -0.25) is 0 Å². The number of ether oxygens (including phenoxy) is 2. The van der Waals surface area contributed by atoms with Crippen LogP contribution >= 0.6 is 0 Å². The zero-order chi connectivity index (χ0) is 17.4. The summed E-state index contributed by atoms with van der Waals surface area (Å²) in [6.45, 7) is 9.31. The van der Waals surface area contributed by atoms with Gasteiger partial charge >= 0.3 is 6.09 Å². The first-order chi connectivity index (χ1) is 10.6. The minimum absolute atomic E-state index is 0.0674. The van der Waals surface area contributed by atoms with E-state index in [0.717, 1.165) is 4.90 Å². The van der Waals surface area contributed by atoms with Crippen molar-refractivity contribution in [1.29, 1.82) is 0 Å². The van der Waals surface area contributed by atoms with E-state index in [0.29, 0.717) is 22.6 Å². The monoisotopic (exact) mass is 321 g/mol. The van der Waals surface area contributed by atoms with Gasteiger partial charge in [0, 0.05) is 12.6 Å². The molecule has 1 amide bonds. The van der Waals surface area contributed by atoms with Crippen LogP contribution in [-0.2, 0) is 5.60 Å². The van der Waals surface area contributed by atoms with E-state index in [1.165, 1.54) is 7.05 Å². The largest absolute Gasteiger partial charge is 0.465 e. The highest BCUT2D eigenvalue weighted by molar-refractivity contribution is 5.67. The predicted molar refractivity (Wildman–Crippen MR) is 86.7 cm³/mol. The Labute approximate surface area is 135 Å². The number of hydrogen-bond acceptors (Lipinski definition) is 4. The fourth-order valence-corrected chi connectivity index (χ4v) is 2.69. The molecule has 1 heterocycles. The van der Waals surface area contributed by atoms with Crippen LogP contribution < -0.4 is 9.47 Å². The van der Waals surface area contributed by atoms with Gasteiger partial charge in [0.05, 0.1) is 6.54 Å². The van der Waals surface area contributed by atoms with Crippen LogP contribution in [0.3, 0.4) is 0 Å². The maximum Gasteiger partial charge on any atom is 0.407 e. The standard InChI is InChI=1S/C17H23NO5/c1-6-11-7-8-12-14(23-10-22-12)13(11)17(21,16(2,3)4)9-18(5)15(19)20/h6-8,21H,1,9-10H2,2-5H3,(H,19,20). The van der Waals surface area contributed by atoms with Gasteiger partial charge in [0.25, 0.3) is 0 Å². The summed E-state index contributed by atoms with van der Waals surface area (Å²) in [6.07, 6.45) is 0.506. The number of rotatable bonds is 4. The second-order valence-corrected chi connectivity index (χ2v) is 6.72. The molecule has 0 saturated heterocycles. The smallest absolute Gasteiger partial charge is 0.407 e. The number of likely N-dealkylation sites (N-methyl/N-ethyl adjacent to an activating group) is 1. The zero-order valence-electron chi connectivity index (χ0n) is 13.9. The fraction of sp³-hybridized carbons (Fsp3) is 0.471. The molecule has 6 nitrogen and oxygen atoms in total. The molecule has 0 radical (unpaired) electrons. The predicted octanol–water partition coefficient (Wildman–Crippen LogP) is 2.90. The summed E-state index contributed by atoms with van der Waals surface area (Å²) in [7, 11) is 1.42. The van der Waals surface area contributed by atoms with Gasteiger partial charge < -0.3 is 24.6 Å². The number of fused-ring (bicyclic) bond motifs is 1. The van der Waals surface area contributed by atoms with Crippen LogP contribution in [0.2, 0.25) is 0 Å². The topological polar surface area (TPSA) is 79.2 Å².